The van der Waals surface area contributed by atoms with Gasteiger partial charge in [-0.05, 0) is 23.3 Å². The molecule has 1 heterocycles. The minimum atomic E-state index is -0.264. The minimum Gasteiger partial charge on any atom is -0.378 e. The van der Waals surface area contributed by atoms with Gasteiger partial charge in [0.2, 0.25) is 0 Å². The molecule has 6 N–H and O–H groups in total. The Morgan fingerprint density at radius 1 is 1.11 bits per heavy atom. The number of nitrogens with two attached hydrogens (primary N) is 2. The summed E-state index contributed by atoms with van der Waals surface area (Å²) in [6.07, 6.45) is 0. The average molecular weight is 389 g/mol. The molecule has 3 aromatic rings. The zero-order chi connectivity index (χ0) is 18.4. The second-order valence-corrected chi connectivity index (χ2v) is 6.18. The van der Waals surface area contributed by atoms with Crippen LogP contribution in [-0.2, 0) is 4.74 Å². The number of ether oxygens (including phenoxy) is 1. The van der Waals surface area contributed by atoms with Crippen LogP contribution in [0.4, 0.5) is 0 Å². The lowest BCUT2D eigenvalue weighted by molar-refractivity contribution is 0.0929. The SMILES string of the molecule is Cl.NCCOC[C@H](N)CNC(=O)c1cc2ccc(-c3ccccc3)cc2[nH]1. The Morgan fingerprint density at radius 2 is 1.89 bits per heavy atom. The first-order valence-corrected chi connectivity index (χ1v) is 8.67. The van der Waals surface area contributed by atoms with E-state index in [1.807, 2.05) is 36.4 Å². The molecule has 1 amide bonds. The third kappa shape index (κ3) is 5.55. The molecule has 0 spiro atoms. The van der Waals surface area contributed by atoms with Gasteiger partial charge in [0.1, 0.15) is 5.69 Å². The molecule has 0 saturated heterocycles. The van der Waals surface area contributed by atoms with E-state index < -0.39 is 0 Å². The Bertz CT molecular complexity index is 867. The lowest BCUT2D eigenvalue weighted by Gasteiger charge is -2.12. The maximum absolute atomic E-state index is 12.3. The molecule has 1 atom stereocenters. The first-order valence-electron chi connectivity index (χ1n) is 8.67. The summed E-state index contributed by atoms with van der Waals surface area (Å²) in [6, 6.07) is 17.8. The fourth-order valence-electron chi connectivity index (χ4n) is 2.76. The van der Waals surface area contributed by atoms with Gasteiger partial charge in [0.15, 0.2) is 0 Å². The molecule has 0 aliphatic heterocycles. The minimum absolute atomic E-state index is 0. The fraction of sp³-hybridized carbons (Fsp3) is 0.250. The summed E-state index contributed by atoms with van der Waals surface area (Å²) in [4.78, 5) is 15.5. The highest BCUT2D eigenvalue weighted by Crippen LogP contribution is 2.24. The Hall–Kier alpha value is -2.38. The smallest absolute Gasteiger partial charge is 0.267 e. The third-order valence-electron chi connectivity index (χ3n) is 4.09. The molecule has 0 aliphatic carbocycles. The summed E-state index contributed by atoms with van der Waals surface area (Å²) in [7, 11) is 0. The number of amides is 1. The summed E-state index contributed by atoms with van der Waals surface area (Å²) in [5, 5.41) is 3.82. The molecule has 27 heavy (non-hydrogen) atoms. The van der Waals surface area contributed by atoms with Gasteiger partial charge in [0, 0.05) is 30.0 Å². The predicted octanol–water partition coefficient (Wildman–Crippen LogP) is 2.29. The number of carbonyl (C=O) groups is 1. The van der Waals surface area contributed by atoms with Gasteiger partial charge in [-0.3, -0.25) is 4.79 Å². The summed E-state index contributed by atoms with van der Waals surface area (Å²) < 4.78 is 5.28. The van der Waals surface area contributed by atoms with E-state index in [0.29, 0.717) is 32.0 Å². The van der Waals surface area contributed by atoms with Crippen molar-refractivity contribution in [3.05, 3.63) is 60.3 Å². The highest BCUT2D eigenvalue weighted by molar-refractivity contribution is 5.98. The van der Waals surface area contributed by atoms with Crippen LogP contribution in [0.25, 0.3) is 22.0 Å². The van der Waals surface area contributed by atoms with Crippen molar-refractivity contribution in [1.82, 2.24) is 10.3 Å². The first-order chi connectivity index (χ1) is 12.7. The molecule has 0 fully saturated rings. The fourth-order valence-corrected chi connectivity index (χ4v) is 2.76. The van der Waals surface area contributed by atoms with Crippen molar-refractivity contribution in [1.29, 1.82) is 0 Å². The topological polar surface area (TPSA) is 106 Å². The van der Waals surface area contributed by atoms with Crippen LogP contribution in [0.1, 0.15) is 10.5 Å². The third-order valence-corrected chi connectivity index (χ3v) is 4.09. The number of hydrogen-bond donors (Lipinski definition) is 4. The molecular weight excluding hydrogens is 364 g/mol. The van der Waals surface area contributed by atoms with Gasteiger partial charge < -0.3 is 26.5 Å². The predicted molar refractivity (Wildman–Crippen MR) is 111 cm³/mol. The number of H-pyrrole nitrogens is 1. The maximum atomic E-state index is 12.3. The zero-order valence-corrected chi connectivity index (χ0v) is 15.8. The number of aromatic nitrogens is 1. The first kappa shape index (κ1) is 20.9. The summed E-state index contributed by atoms with van der Waals surface area (Å²) in [5.41, 5.74) is 14.9. The summed E-state index contributed by atoms with van der Waals surface area (Å²) in [5.74, 6) is -0.184. The lowest BCUT2D eigenvalue weighted by Crippen LogP contribution is -2.40. The molecule has 0 radical (unpaired) electrons. The number of fused-ring (bicyclic) bond motifs is 1. The Morgan fingerprint density at radius 3 is 2.63 bits per heavy atom. The molecule has 0 saturated carbocycles. The average Bonchev–Trinajstić information content (AvgIpc) is 3.10. The molecular formula is C20H25ClN4O2. The van der Waals surface area contributed by atoms with Crippen molar-refractivity contribution in [2.75, 3.05) is 26.3 Å². The highest BCUT2D eigenvalue weighted by Gasteiger charge is 2.12. The van der Waals surface area contributed by atoms with Crippen LogP contribution in [0.2, 0.25) is 0 Å². The number of benzene rings is 2. The Labute approximate surface area is 164 Å². The number of hydrogen-bond acceptors (Lipinski definition) is 4. The second kappa shape index (κ2) is 10.1. The Balaban J connectivity index is 0.00000261. The molecule has 0 aliphatic rings. The molecule has 6 nitrogen and oxygen atoms in total. The van der Waals surface area contributed by atoms with Crippen LogP contribution in [-0.4, -0.2) is 43.2 Å². The van der Waals surface area contributed by atoms with Crippen molar-refractivity contribution in [3.63, 3.8) is 0 Å². The van der Waals surface area contributed by atoms with E-state index in [2.05, 4.69) is 28.5 Å². The second-order valence-electron chi connectivity index (χ2n) is 6.18. The maximum Gasteiger partial charge on any atom is 0.267 e. The van der Waals surface area contributed by atoms with Gasteiger partial charge in [0.05, 0.1) is 13.2 Å². The molecule has 3 rings (SSSR count). The highest BCUT2D eigenvalue weighted by atomic mass is 35.5. The van der Waals surface area contributed by atoms with Crippen LogP contribution in [0, 0.1) is 0 Å². The van der Waals surface area contributed by atoms with E-state index in [9.17, 15) is 4.79 Å². The standard InChI is InChI=1S/C20H24N4O2.ClH/c21-8-9-26-13-17(22)12-23-20(25)19-11-16-7-6-15(10-18(16)24-19)14-4-2-1-3-5-14;/h1-7,10-11,17,24H,8-9,12-13,21-22H2,(H,23,25);1H/t17-;/m1./s1. The van der Waals surface area contributed by atoms with Crippen LogP contribution in [0.15, 0.2) is 54.6 Å². The quantitative estimate of drug-likeness (QED) is 0.444. The lowest BCUT2D eigenvalue weighted by atomic mass is 10.0. The van der Waals surface area contributed by atoms with Gasteiger partial charge in [-0.1, -0.05) is 42.5 Å². The van der Waals surface area contributed by atoms with Crippen LogP contribution in [0.5, 0.6) is 0 Å². The van der Waals surface area contributed by atoms with E-state index >= 15 is 0 Å². The summed E-state index contributed by atoms with van der Waals surface area (Å²) >= 11 is 0. The van der Waals surface area contributed by atoms with Gasteiger partial charge >= 0.3 is 0 Å². The Kier molecular flexibility index (Phi) is 7.82. The molecule has 0 bridgehead atoms. The van der Waals surface area contributed by atoms with Gasteiger partial charge in [-0.25, -0.2) is 0 Å². The number of carbonyl (C=O) groups excluding carboxylic acids is 1. The van der Waals surface area contributed by atoms with E-state index in [4.69, 9.17) is 16.2 Å². The monoisotopic (exact) mass is 388 g/mol. The van der Waals surface area contributed by atoms with Gasteiger partial charge in [-0.2, -0.15) is 0 Å². The van der Waals surface area contributed by atoms with Gasteiger partial charge in [-0.15, -0.1) is 12.4 Å². The van der Waals surface area contributed by atoms with E-state index in [0.717, 1.165) is 22.0 Å². The number of aromatic amines is 1. The molecule has 0 unspecified atom stereocenters. The number of halogens is 1. The number of rotatable bonds is 8. The van der Waals surface area contributed by atoms with E-state index in [1.165, 1.54) is 0 Å². The van der Waals surface area contributed by atoms with E-state index in [1.54, 1.807) is 0 Å². The molecule has 2 aromatic carbocycles. The largest absolute Gasteiger partial charge is 0.378 e. The van der Waals surface area contributed by atoms with Crippen molar-refractivity contribution < 1.29 is 9.53 Å². The van der Waals surface area contributed by atoms with Crippen molar-refractivity contribution in [2.45, 2.75) is 6.04 Å². The molecule has 1 aromatic heterocycles. The van der Waals surface area contributed by atoms with Crippen LogP contribution < -0.4 is 16.8 Å². The van der Waals surface area contributed by atoms with Crippen molar-refractivity contribution in [2.24, 2.45) is 11.5 Å². The van der Waals surface area contributed by atoms with Gasteiger partial charge in [0.25, 0.3) is 5.91 Å². The van der Waals surface area contributed by atoms with Crippen molar-refractivity contribution in [3.8, 4) is 11.1 Å². The van der Waals surface area contributed by atoms with Crippen molar-refractivity contribution >= 4 is 29.2 Å². The number of nitrogens with one attached hydrogen (secondary N) is 2. The van der Waals surface area contributed by atoms with E-state index in [-0.39, 0.29) is 24.4 Å². The summed E-state index contributed by atoms with van der Waals surface area (Å²) in [6.45, 7) is 1.63. The van der Waals surface area contributed by atoms with Crippen LogP contribution in [0.3, 0.4) is 0 Å². The van der Waals surface area contributed by atoms with Crippen LogP contribution >= 0.6 is 12.4 Å². The molecule has 144 valence electrons. The molecule has 7 heteroatoms. The normalized spacial score (nSPS) is 11.8. The zero-order valence-electron chi connectivity index (χ0n) is 15.0.